The third-order valence-electron chi connectivity index (χ3n) is 1.80. The smallest absolute Gasteiger partial charge is 0.145 e. The lowest BCUT2D eigenvalue weighted by molar-refractivity contribution is 0.664. The van der Waals surface area contributed by atoms with E-state index in [9.17, 15) is 0 Å². The Hall–Kier alpha value is -1.33. The number of rotatable bonds is 3. The van der Waals surface area contributed by atoms with Gasteiger partial charge in [0.25, 0.3) is 0 Å². The molecule has 2 heterocycles. The molecule has 4 nitrogen and oxygen atoms in total. The third-order valence-corrected chi connectivity index (χ3v) is 2.60. The van der Waals surface area contributed by atoms with Gasteiger partial charge in [0.2, 0.25) is 0 Å². The lowest BCUT2D eigenvalue weighted by Gasteiger charge is -2.06. The molecule has 2 aromatic rings. The first-order valence-electron chi connectivity index (χ1n) is 4.27. The van der Waals surface area contributed by atoms with Crippen molar-refractivity contribution in [2.24, 2.45) is 5.73 Å². The Morgan fingerprint density at radius 3 is 2.64 bits per heavy atom. The van der Waals surface area contributed by atoms with Crippen molar-refractivity contribution < 1.29 is 0 Å². The Balaban J connectivity index is 2.07. The van der Waals surface area contributed by atoms with Crippen molar-refractivity contribution in [2.45, 2.75) is 12.5 Å². The van der Waals surface area contributed by atoms with E-state index in [4.69, 9.17) is 5.73 Å². The topological polar surface area (TPSA) is 64.7 Å². The first-order chi connectivity index (χ1) is 6.86. The molecule has 5 heteroatoms. The molecular weight excluding hydrogens is 196 g/mol. The van der Waals surface area contributed by atoms with E-state index in [1.54, 1.807) is 36.0 Å². The van der Waals surface area contributed by atoms with Crippen LogP contribution in [0.2, 0.25) is 0 Å². The van der Waals surface area contributed by atoms with E-state index in [2.05, 4.69) is 15.0 Å². The summed E-state index contributed by atoms with van der Waals surface area (Å²) >= 11 is 1.60. The van der Waals surface area contributed by atoms with Crippen LogP contribution in [0.1, 0.15) is 16.9 Å². The summed E-state index contributed by atoms with van der Waals surface area (Å²) in [5, 5.41) is 2.96. The largest absolute Gasteiger partial charge is 0.321 e. The van der Waals surface area contributed by atoms with Crippen molar-refractivity contribution in [3.05, 3.63) is 40.9 Å². The van der Waals surface area contributed by atoms with E-state index in [1.165, 1.54) is 0 Å². The van der Waals surface area contributed by atoms with Crippen LogP contribution in [0.25, 0.3) is 0 Å². The van der Waals surface area contributed by atoms with Gasteiger partial charge < -0.3 is 5.73 Å². The fourth-order valence-corrected chi connectivity index (χ4v) is 1.81. The predicted octanol–water partition coefficient (Wildman–Crippen LogP) is 1.18. The number of nitrogens with zero attached hydrogens (tertiary/aromatic N) is 3. The zero-order valence-corrected chi connectivity index (χ0v) is 8.31. The van der Waals surface area contributed by atoms with Crippen molar-refractivity contribution in [1.82, 2.24) is 15.0 Å². The standard InChI is InChI=1S/C9H10N4S/c10-7(6-8-11-4-5-14-8)9-12-2-1-3-13-9/h1-5,7H,6,10H2. The Bertz CT molecular complexity index is 373. The van der Waals surface area contributed by atoms with Gasteiger partial charge in [0, 0.05) is 30.4 Å². The van der Waals surface area contributed by atoms with Gasteiger partial charge in [-0.1, -0.05) is 0 Å². The number of hydrogen-bond donors (Lipinski definition) is 1. The quantitative estimate of drug-likeness (QED) is 0.818. The van der Waals surface area contributed by atoms with Crippen molar-refractivity contribution in [3.8, 4) is 0 Å². The Labute approximate surface area is 85.9 Å². The number of thiazole rings is 1. The van der Waals surface area contributed by atoms with Gasteiger partial charge >= 0.3 is 0 Å². The van der Waals surface area contributed by atoms with Crippen LogP contribution in [0.15, 0.2) is 30.0 Å². The molecule has 0 saturated heterocycles. The summed E-state index contributed by atoms with van der Waals surface area (Å²) in [6.45, 7) is 0. The molecule has 1 atom stereocenters. The lowest BCUT2D eigenvalue weighted by Crippen LogP contribution is -2.16. The van der Waals surface area contributed by atoms with E-state index in [0.29, 0.717) is 12.2 Å². The zero-order chi connectivity index (χ0) is 9.80. The highest BCUT2D eigenvalue weighted by Gasteiger charge is 2.10. The number of nitrogens with two attached hydrogens (primary N) is 1. The Morgan fingerprint density at radius 2 is 2.00 bits per heavy atom. The maximum atomic E-state index is 5.93. The Morgan fingerprint density at radius 1 is 1.21 bits per heavy atom. The molecule has 0 aliphatic carbocycles. The van der Waals surface area contributed by atoms with Crippen LogP contribution in [0, 0.1) is 0 Å². The monoisotopic (exact) mass is 206 g/mol. The molecule has 0 aliphatic rings. The second kappa shape index (κ2) is 4.26. The van der Waals surface area contributed by atoms with Gasteiger partial charge in [0.1, 0.15) is 5.82 Å². The Kier molecular flexibility index (Phi) is 2.81. The molecule has 0 fully saturated rings. The van der Waals surface area contributed by atoms with Crippen LogP contribution in [-0.4, -0.2) is 15.0 Å². The minimum atomic E-state index is -0.164. The van der Waals surface area contributed by atoms with Gasteiger partial charge in [-0.25, -0.2) is 15.0 Å². The fraction of sp³-hybridized carbons (Fsp3) is 0.222. The average Bonchev–Trinajstić information content (AvgIpc) is 2.72. The summed E-state index contributed by atoms with van der Waals surface area (Å²) < 4.78 is 0. The van der Waals surface area contributed by atoms with E-state index in [0.717, 1.165) is 5.01 Å². The van der Waals surface area contributed by atoms with Gasteiger partial charge in [-0.05, 0) is 6.07 Å². The minimum Gasteiger partial charge on any atom is -0.321 e. The summed E-state index contributed by atoms with van der Waals surface area (Å²) in [5.74, 6) is 0.669. The highest BCUT2D eigenvalue weighted by Crippen LogP contribution is 2.13. The molecular formula is C9H10N4S. The molecule has 72 valence electrons. The highest BCUT2D eigenvalue weighted by molar-refractivity contribution is 7.09. The van der Waals surface area contributed by atoms with Gasteiger partial charge in [0.15, 0.2) is 0 Å². The molecule has 2 aromatic heterocycles. The molecule has 0 saturated carbocycles. The van der Waals surface area contributed by atoms with E-state index in [-0.39, 0.29) is 6.04 Å². The number of hydrogen-bond acceptors (Lipinski definition) is 5. The summed E-state index contributed by atoms with van der Waals surface area (Å²) in [6, 6.07) is 1.61. The van der Waals surface area contributed by atoms with Crippen LogP contribution in [0.5, 0.6) is 0 Å². The molecule has 0 radical (unpaired) electrons. The van der Waals surface area contributed by atoms with E-state index in [1.807, 2.05) is 5.38 Å². The van der Waals surface area contributed by atoms with Crippen molar-refractivity contribution >= 4 is 11.3 Å². The van der Waals surface area contributed by atoms with E-state index >= 15 is 0 Å². The van der Waals surface area contributed by atoms with Crippen molar-refractivity contribution in [2.75, 3.05) is 0 Å². The molecule has 0 spiro atoms. The lowest BCUT2D eigenvalue weighted by atomic mass is 10.2. The second-order valence-corrected chi connectivity index (χ2v) is 3.82. The summed E-state index contributed by atoms with van der Waals surface area (Å²) in [5.41, 5.74) is 5.93. The normalized spacial score (nSPS) is 12.6. The summed E-state index contributed by atoms with van der Waals surface area (Å²) in [4.78, 5) is 12.4. The van der Waals surface area contributed by atoms with Gasteiger partial charge in [-0.15, -0.1) is 11.3 Å². The predicted molar refractivity (Wildman–Crippen MR) is 54.8 cm³/mol. The SMILES string of the molecule is NC(Cc1nccs1)c1ncccn1. The maximum Gasteiger partial charge on any atom is 0.145 e. The van der Waals surface area contributed by atoms with Crippen LogP contribution >= 0.6 is 11.3 Å². The highest BCUT2D eigenvalue weighted by atomic mass is 32.1. The van der Waals surface area contributed by atoms with Crippen molar-refractivity contribution in [1.29, 1.82) is 0 Å². The molecule has 0 aliphatic heterocycles. The van der Waals surface area contributed by atoms with Gasteiger partial charge in [0.05, 0.1) is 11.0 Å². The molecule has 14 heavy (non-hydrogen) atoms. The van der Waals surface area contributed by atoms with Gasteiger partial charge in [-0.2, -0.15) is 0 Å². The molecule has 0 amide bonds. The minimum absolute atomic E-state index is 0.164. The van der Waals surface area contributed by atoms with Crippen LogP contribution in [-0.2, 0) is 6.42 Å². The molecule has 2 rings (SSSR count). The maximum absolute atomic E-state index is 5.93. The van der Waals surface area contributed by atoms with Crippen LogP contribution in [0.3, 0.4) is 0 Å². The van der Waals surface area contributed by atoms with Crippen molar-refractivity contribution in [3.63, 3.8) is 0 Å². The first kappa shape index (κ1) is 9.23. The zero-order valence-electron chi connectivity index (χ0n) is 7.50. The van der Waals surface area contributed by atoms with Crippen LogP contribution < -0.4 is 5.73 Å². The fourth-order valence-electron chi connectivity index (χ4n) is 1.14. The number of aromatic nitrogens is 3. The molecule has 1 unspecified atom stereocenters. The molecule has 0 bridgehead atoms. The van der Waals surface area contributed by atoms with Gasteiger partial charge in [-0.3, -0.25) is 0 Å². The molecule has 0 aromatic carbocycles. The average molecular weight is 206 g/mol. The second-order valence-electron chi connectivity index (χ2n) is 2.84. The van der Waals surface area contributed by atoms with Crippen LogP contribution in [0.4, 0.5) is 0 Å². The summed E-state index contributed by atoms with van der Waals surface area (Å²) in [7, 11) is 0. The first-order valence-corrected chi connectivity index (χ1v) is 5.15. The summed E-state index contributed by atoms with van der Waals surface area (Å²) in [6.07, 6.45) is 5.87. The third kappa shape index (κ3) is 2.12. The van der Waals surface area contributed by atoms with E-state index < -0.39 is 0 Å². The molecule has 2 N–H and O–H groups in total.